The lowest BCUT2D eigenvalue weighted by Gasteiger charge is -2.14. The molecule has 0 aliphatic carbocycles. The highest BCUT2D eigenvalue weighted by Gasteiger charge is 2.06. The van der Waals surface area contributed by atoms with E-state index in [0.717, 1.165) is 22.5 Å². The highest BCUT2D eigenvalue weighted by atomic mass is 79.9. The third kappa shape index (κ3) is 4.04. The maximum Gasteiger partial charge on any atom is 0.119 e. The molecule has 0 fully saturated rings. The molecule has 0 spiro atoms. The molecule has 1 aromatic heterocycles. The van der Waals surface area contributed by atoms with Crippen LogP contribution >= 0.6 is 15.9 Å². The van der Waals surface area contributed by atoms with E-state index in [0.29, 0.717) is 0 Å². The van der Waals surface area contributed by atoms with Gasteiger partial charge in [-0.15, -0.1) is 0 Å². The molecule has 1 unspecified atom stereocenters. The second-order valence-corrected chi connectivity index (χ2v) is 5.26. The van der Waals surface area contributed by atoms with Crippen LogP contribution in [0, 0.1) is 0 Å². The fraction of sp³-hybridized carbons (Fsp3) is 0.267. The molecule has 19 heavy (non-hydrogen) atoms. The van der Waals surface area contributed by atoms with Crippen LogP contribution in [-0.2, 0) is 6.54 Å². The molecular weight excluding hydrogens is 304 g/mol. The summed E-state index contributed by atoms with van der Waals surface area (Å²) >= 11 is 3.38. The summed E-state index contributed by atoms with van der Waals surface area (Å²) in [6, 6.07) is 12.4. The van der Waals surface area contributed by atoms with Crippen LogP contribution in [0.3, 0.4) is 0 Å². The number of rotatable bonds is 5. The molecule has 1 heterocycles. The fourth-order valence-electron chi connectivity index (χ4n) is 1.80. The molecule has 0 aliphatic rings. The average molecular weight is 321 g/mol. The number of ether oxygens (including phenoxy) is 1. The Hall–Kier alpha value is -1.39. The third-order valence-electron chi connectivity index (χ3n) is 2.97. The van der Waals surface area contributed by atoms with Crippen molar-refractivity contribution in [3.63, 3.8) is 0 Å². The van der Waals surface area contributed by atoms with Crippen LogP contribution < -0.4 is 10.1 Å². The van der Waals surface area contributed by atoms with E-state index in [1.807, 2.05) is 36.5 Å². The van der Waals surface area contributed by atoms with E-state index < -0.39 is 0 Å². The highest BCUT2D eigenvalue weighted by Crippen LogP contribution is 2.19. The van der Waals surface area contributed by atoms with E-state index in [4.69, 9.17) is 4.74 Å². The number of hydrogen-bond donors (Lipinski definition) is 1. The quantitative estimate of drug-likeness (QED) is 0.912. The Labute approximate surface area is 122 Å². The summed E-state index contributed by atoms with van der Waals surface area (Å²) in [5, 5.41) is 3.45. The summed E-state index contributed by atoms with van der Waals surface area (Å²) in [7, 11) is 1.68. The minimum absolute atomic E-state index is 0.251. The SMILES string of the molecule is COc1cccc(C(C)NCc2ccc(Br)cn2)c1. The molecular formula is C15H17BrN2O. The van der Waals surface area contributed by atoms with E-state index in [-0.39, 0.29) is 6.04 Å². The number of nitrogens with one attached hydrogen (secondary N) is 1. The van der Waals surface area contributed by atoms with Gasteiger partial charge in [-0.1, -0.05) is 12.1 Å². The summed E-state index contributed by atoms with van der Waals surface area (Å²) in [4.78, 5) is 4.34. The normalized spacial score (nSPS) is 12.2. The Balaban J connectivity index is 1.96. The number of nitrogens with zero attached hydrogens (tertiary/aromatic N) is 1. The van der Waals surface area contributed by atoms with E-state index in [9.17, 15) is 0 Å². The summed E-state index contributed by atoms with van der Waals surface area (Å²) in [6.45, 7) is 2.87. The Morgan fingerprint density at radius 2 is 2.16 bits per heavy atom. The Morgan fingerprint density at radius 1 is 1.32 bits per heavy atom. The predicted molar refractivity (Wildman–Crippen MR) is 80.2 cm³/mol. The molecule has 2 aromatic rings. The lowest BCUT2D eigenvalue weighted by molar-refractivity contribution is 0.413. The first-order valence-electron chi connectivity index (χ1n) is 6.17. The number of aromatic nitrogens is 1. The molecule has 100 valence electrons. The van der Waals surface area contributed by atoms with Gasteiger partial charge < -0.3 is 10.1 Å². The molecule has 2 rings (SSSR count). The van der Waals surface area contributed by atoms with Gasteiger partial charge in [0.1, 0.15) is 5.75 Å². The van der Waals surface area contributed by atoms with Crippen molar-refractivity contribution in [2.45, 2.75) is 19.5 Å². The highest BCUT2D eigenvalue weighted by molar-refractivity contribution is 9.10. The van der Waals surface area contributed by atoms with Gasteiger partial charge in [-0.05, 0) is 52.7 Å². The van der Waals surface area contributed by atoms with Crippen LogP contribution in [0.4, 0.5) is 0 Å². The fourth-order valence-corrected chi connectivity index (χ4v) is 2.03. The average Bonchev–Trinajstić information content (AvgIpc) is 2.46. The summed E-state index contributed by atoms with van der Waals surface area (Å²) < 4.78 is 6.23. The molecule has 3 nitrogen and oxygen atoms in total. The zero-order chi connectivity index (χ0) is 13.7. The molecule has 0 aliphatic heterocycles. The first kappa shape index (κ1) is 14.0. The molecule has 0 amide bonds. The van der Waals surface area contributed by atoms with Crippen molar-refractivity contribution in [2.24, 2.45) is 0 Å². The number of pyridine rings is 1. The maximum atomic E-state index is 5.24. The zero-order valence-electron chi connectivity index (χ0n) is 11.1. The van der Waals surface area contributed by atoms with Crippen LogP contribution in [0.25, 0.3) is 0 Å². The standard InChI is InChI=1S/C15H17BrN2O/c1-11(12-4-3-5-15(8-12)19-2)17-10-14-7-6-13(16)9-18-14/h3-9,11,17H,10H2,1-2H3. The second kappa shape index (κ2) is 6.68. The molecule has 0 bridgehead atoms. The van der Waals surface area contributed by atoms with Gasteiger partial charge in [-0.3, -0.25) is 4.98 Å². The van der Waals surface area contributed by atoms with E-state index in [1.165, 1.54) is 5.56 Å². The first-order valence-corrected chi connectivity index (χ1v) is 6.96. The number of hydrogen-bond acceptors (Lipinski definition) is 3. The van der Waals surface area contributed by atoms with Crippen LogP contribution in [0.15, 0.2) is 47.1 Å². The van der Waals surface area contributed by atoms with E-state index >= 15 is 0 Å². The molecule has 1 N–H and O–H groups in total. The van der Waals surface area contributed by atoms with Gasteiger partial charge in [0.2, 0.25) is 0 Å². The van der Waals surface area contributed by atoms with Crippen molar-refractivity contribution in [3.8, 4) is 5.75 Å². The Bertz CT molecular complexity index is 528. The van der Waals surface area contributed by atoms with E-state index in [2.05, 4.69) is 39.2 Å². The lowest BCUT2D eigenvalue weighted by Crippen LogP contribution is -2.18. The van der Waals surface area contributed by atoms with Gasteiger partial charge in [0, 0.05) is 23.3 Å². The van der Waals surface area contributed by atoms with Crippen molar-refractivity contribution in [3.05, 3.63) is 58.3 Å². The number of halogens is 1. The lowest BCUT2D eigenvalue weighted by atomic mass is 10.1. The van der Waals surface area contributed by atoms with Gasteiger partial charge in [0.15, 0.2) is 0 Å². The summed E-state index contributed by atoms with van der Waals surface area (Å²) in [5.41, 5.74) is 2.23. The minimum Gasteiger partial charge on any atom is -0.497 e. The second-order valence-electron chi connectivity index (χ2n) is 4.35. The maximum absolute atomic E-state index is 5.24. The van der Waals surface area contributed by atoms with Gasteiger partial charge in [0.25, 0.3) is 0 Å². The van der Waals surface area contributed by atoms with Gasteiger partial charge in [0.05, 0.1) is 12.8 Å². The van der Waals surface area contributed by atoms with Crippen molar-refractivity contribution in [1.82, 2.24) is 10.3 Å². The van der Waals surface area contributed by atoms with Crippen LogP contribution in [0.5, 0.6) is 5.75 Å². The number of methoxy groups -OCH3 is 1. The topological polar surface area (TPSA) is 34.1 Å². The van der Waals surface area contributed by atoms with Gasteiger partial charge in [-0.25, -0.2) is 0 Å². The van der Waals surface area contributed by atoms with Crippen molar-refractivity contribution < 1.29 is 4.74 Å². The van der Waals surface area contributed by atoms with Crippen molar-refractivity contribution >= 4 is 15.9 Å². The summed E-state index contributed by atoms with van der Waals surface area (Å²) in [5.74, 6) is 0.882. The van der Waals surface area contributed by atoms with Crippen molar-refractivity contribution in [2.75, 3.05) is 7.11 Å². The minimum atomic E-state index is 0.251. The Kier molecular flexibility index (Phi) is 4.93. The van der Waals surface area contributed by atoms with E-state index in [1.54, 1.807) is 7.11 Å². The van der Waals surface area contributed by atoms with Crippen LogP contribution in [0.1, 0.15) is 24.2 Å². The number of benzene rings is 1. The predicted octanol–water partition coefficient (Wildman–Crippen LogP) is 3.70. The molecule has 1 atom stereocenters. The first-order chi connectivity index (χ1) is 9.19. The van der Waals surface area contributed by atoms with Crippen molar-refractivity contribution in [1.29, 1.82) is 0 Å². The van der Waals surface area contributed by atoms with Gasteiger partial charge >= 0.3 is 0 Å². The Morgan fingerprint density at radius 3 is 2.84 bits per heavy atom. The summed E-state index contributed by atoms with van der Waals surface area (Å²) in [6.07, 6.45) is 1.81. The zero-order valence-corrected chi connectivity index (χ0v) is 12.6. The monoisotopic (exact) mass is 320 g/mol. The molecule has 0 saturated carbocycles. The molecule has 0 radical (unpaired) electrons. The molecule has 0 saturated heterocycles. The van der Waals surface area contributed by atoms with Crippen LogP contribution in [-0.4, -0.2) is 12.1 Å². The van der Waals surface area contributed by atoms with Gasteiger partial charge in [-0.2, -0.15) is 0 Å². The molecule has 4 heteroatoms. The largest absolute Gasteiger partial charge is 0.497 e. The van der Waals surface area contributed by atoms with Crippen LogP contribution in [0.2, 0.25) is 0 Å². The molecule has 1 aromatic carbocycles. The third-order valence-corrected chi connectivity index (χ3v) is 3.44. The smallest absolute Gasteiger partial charge is 0.119 e.